The lowest BCUT2D eigenvalue weighted by atomic mass is 10.1. The molecule has 6 nitrogen and oxygen atoms in total. The van der Waals surface area contributed by atoms with Gasteiger partial charge >= 0.3 is 0 Å². The molecule has 4 heterocycles. The van der Waals surface area contributed by atoms with E-state index in [4.69, 9.17) is 0 Å². The summed E-state index contributed by atoms with van der Waals surface area (Å²) in [6, 6.07) is 6.05. The second-order valence-electron chi connectivity index (χ2n) is 6.83. The van der Waals surface area contributed by atoms with E-state index in [-0.39, 0.29) is 11.9 Å². The number of fused-ring (bicyclic) bond motifs is 1. The highest BCUT2D eigenvalue weighted by molar-refractivity contribution is 7.15. The zero-order valence-corrected chi connectivity index (χ0v) is 16.5. The molecule has 0 aliphatic heterocycles. The topological polar surface area (TPSA) is 64.7 Å². The van der Waals surface area contributed by atoms with Crippen molar-refractivity contribution in [2.45, 2.75) is 33.7 Å². The SMILES string of the molecule is Cc1sc(-n2cccc2)c(C(=O)Nc2cnc3c(cnn3C(C)C)c2)c1C. The molecule has 0 fully saturated rings. The molecule has 7 heteroatoms. The summed E-state index contributed by atoms with van der Waals surface area (Å²) in [5.41, 5.74) is 3.19. The summed E-state index contributed by atoms with van der Waals surface area (Å²) >= 11 is 1.62. The first kappa shape index (κ1) is 17.5. The van der Waals surface area contributed by atoms with Crippen LogP contribution in [0, 0.1) is 13.8 Å². The predicted molar refractivity (Wildman–Crippen MR) is 109 cm³/mol. The number of amides is 1. The number of nitrogens with zero attached hydrogens (tertiary/aromatic N) is 4. The van der Waals surface area contributed by atoms with E-state index >= 15 is 0 Å². The Morgan fingerprint density at radius 3 is 2.63 bits per heavy atom. The van der Waals surface area contributed by atoms with Crippen LogP contribution < -0.4 is 5.32 Å². The molecular weight excluding hydrogens is 358 g/mol. The van der Waals surface area contributed by atoms with Crippen molar-refractivity contribution in [2.75, 3.05) is 5.32 Å². The van der Waals surface area contributed by atoms with E-state index < -0.39 is 0 Å². The van der Waals surface area contributed by atoms with Crippen LogP contribution in [0.25, 0.3) is 16.0 Å². The van der Waals surface area contributed by atoms with Gasteiger partial charge in [-0.1, -0.05) is 0 Å². The van der Waals surface area contributed by atoms with Gasteiger partial charge in [-0.2, -0.15) is 5.10 Å². The first-order valence-electron chi connectivity index (χ1n) is 8.83. The van der Waals surface area contributed by atoms with Crippen molar-refractivity contribution in [3.8, 4) is 5.00 Å². The Labute approximate surface area is 161 Å². The Hall–Kier alpha value is -2.93. The van der Waals surface area contributed by atoms with Crippen molar-refractivity contribution >= 4 is 34.0 Å². The van der Waals surface area contributed by atoms with Crippen LogP contribution in [0.2, 0.25) is 0 Å². The summed E-state index contributed by atoms with van der Waals surface area (Å²) in [5, 5.41) is 9.21. The highest BCUT2D eigenvalue weighted by Crippen LogP contribution is 2.31. The molecule has 0 aromatic carbocycles. The molecule has 4 rings (SSSR count). The fourth-order valence-electron chi connectivity index (χ4n) is 3.11. The maximum atomic E-state index is 13.0. The molecule has 0 atom stereocenters. The molecule has 0 saturated heterocycles. The Balaban J connectivity index is 1.68. The number of anilines is 1. The van der Waals surface area contributed by atoms with E-state index in [1.54, 1.807) is 23.7 Å². The third-order valence-corrected chi connectivity index (χ3v) is 5.83. The maximum absolute atomic E-state index is 13.0. The van der Waals surface area contributed by atoms with Crippen LogP contribution in [-0.2, 0) is 0 Å². The smallest absolute Gasteiger partial charge is 0.259 e. The predicted octanol–water partition coefficient (Wildman–Crippen LogP) is 4.73. The molecule has 4 aromatic heterocycles. The number of nitrogens with one attached hydrogen (secondary N) is 1. The average molecular weight is 379 g/mol. The lowest BCUT2D eigenvalue weighted by molar-refractivity contribution is 0.102. The van der Waals surface area contributed by atoms with E-state index in [2.05, 4.69) is 29.2 Å². The third kappa shape index (κ3) is 3.04. The molecule has 27 heavy (non-hydrogen) atoms. The van der Waals surface area contributed by atoms with Gasteiger partial charge in [-0.3, -0.25) is 4.79 Å². The number of aryl methyl sites for hydroxylation is 1. The standard InChI is InChI=1S/C20H21N5OS/c1-12(2)25-18-15(10-22-25)9-16(11-21-18)23-19(26)17-13(3)14(4)27-20(17)24-7-5-6-8-24/h5-12H,1-4H3,(H,23,26). The van der Waals surface area contributed by atoms with Crippen molar-refractivity contribution in [3.05, 3.63) is 59.0 Å². The van der Waals surface area contributed by atoms with Gasteiger partial charge in [0.1, 0.15) is 5.00 Å². The van der Waals surface area contributed by atoms with Gasteiger partial charge in [-0.05, 0) is 51.5 Å². The van der Waals surface area contributed by atoms with E-state index in [9.17, 15) is 4.79 Å². The summed E-state index contributed by atoms with van der Waals surface area (Å²) in [6.07, 6.45) is 7.37. The number of hydrogen-bond acceptors (Lipinski definition) is 4. The first-order chi connectivity index (χ1) is 13.0. The van der Waals surface area contributed by atoms with Crippen molar-refractivity contribution < 1.29 is 4.79 Å². The summed E-state index contributed by atoms with van der Waals surface area (Å²) in [7, 11) is 0. The third-order valence-electron chi connectivity index (χ3n) is 4.61. The lowest BCUT2D eigenvalue weighted by Gasteiger charge is -2.09. The number of thiophene rings is 1. The zero-order valence-electron chi connectivity index (χ0n) is 15.7. The number of carbonyl (C=O) groups excluding carboxylic acids is 1. The Kier molecular flexibility index (Phi) is 4.31. The van der Waals surface area contributed by atoms with E-state index in [0.717, 1.165) is 26.5 Å². The number of rotatable bonds is 4. The number of hydrogen-bond donors (Lipinski definition) is 1. The molecule has 0 aliphatic carbocycles. The first-order valence-corrected chi connectivity index (χ1v) is 9.65. The van der Waals surface area contributed by atoms with Crippen LogP contribution in [0.5, 0.6) is 0 Å². The van der Waals surface area contributed by atoms with E-state index in [1.165, 1.54) is 0 Å². The van der Waals surface area contributed by atoms with Crippen LogP contribution in [0.3, 0.4) is 0 Å². The van der Waals surface area contributed by atoms with Gasteiger partial charge in [0.15, 0.2) is 5.65 Å². The van der Waals surface area contributed by atoms with Crippen LogP contribution >= 0.6 is 11.3 Å². The minimum absolute atomic E-state index is 0.127. The molecule has 1 N–H and O–H groups in total. The Bertz CT molecular complexity index is 1120. The highest BCUT2D eigenvalue weighted by atomic mass is 32.1. The van der Waals surface area contributed by atoms with Gasteiger partial charge < -0.3 is 9.88 Å². The van der Waals surface area contributed by atoms with Crippen molar-refractivity contribution in [2.24, 2.45) is 0 Å². The van der Waals surface area contributed by atoms with Gasteiger partial charge in [0.2, 0.25) is 0 Å². The minimum atomic E-state index is -0.127. The minimum Gasteiger partial charge on any atom is -0.320 e. The Morgan fingerprint density at radius 2 is 1.93 bits per heavy atom. The number of pyridine rings is 1. The summed E-state index contributed by atoms with van der Waals surface area (Å²) in [6.45, 7) is 8.15. The summed E-state index contributed by atoms with van der Waals surface area (Å²) in [4.78, 5) is 18.7. The van der Waals surface area contributed by atoms with E-state index in [0.29, 0.717) is 11.3 Å². The van der Waals surface area contributed by atoms with Crippen molar-refractivity contribution in [3.63, 3.8) is 0 Å². The van der Waals surface area contributed by atoms with Gasteiger partial charge in [0.25, 0.3) is 5.91 Å². The summed E-state index contributed by atoms with van der Waals surface area (Å²) < 4.78 is 3.85. The van der Waals surface area contributed by atoms with Gasteiger partial charge in [0, 0.05) is 28.7 Å². The zero-order chi connectivity index (χ0) is 19.1. The van der Waals surface area contributed by atoms with Gasteiger partial charge in [0.05, 0.1) is 23.6 Å². The van der Waals surface area contributed by atoms with Crippen LogP contribution in [0.1, 0.15) is 40.7 Å². The maximum Gasteiger partial charge on any atom is 0.259 e. The molecule has 0 bridgehead atoms. The fourth-order valence-corrected chi connectivity index (χ4v) is 4.23. The van der Waals surface area contributed by atoms with E-state index in [1.807, 2.05) is 53.7 Å². The molecule has 138 valence electrons. The summed E-state index contributed by atoms with van der Waals surface area (Å²) in [5.74, 6) is -0.127. The molecule has 0 saturated carbocycles. The second kappa shape index (κ2) is 6.66. The molecule has 4 aromatic rings. The molecule has 0 aliphatic rings. The Morgan fingerprint density at radius 1 is 1.19 bits per heavy atom. The fraction of sp³-hybridized carbons (Fsp3) is 0.250. The largest absolute Gasteiger partial charge is 0.320 e. The monoisotopic (exact) mass is 379 g/mol. The van der Waals surface area contributed by atoms with Crippen LogP contribution in [0.4, 0.5) is 5.69 Å². The molecule has 0 unspecified atom stereocenters. The van der Waals surface area contributed by atoms with Crippen molar-refractivity contribution in [1.82, 2.24) is 19.3 Å². The number of aromatic nitrogens is 4. The van der Waals surface area contributed by atoms with Crippen LogP contribution in [-0.4, -0.2) is 25.2 Å². The quantitative estimate of drug-likeness (QED) is 0.557. The van der Waals surface area contributed by atoms with Gasteiger partial charge in [-0.25, -0.2) is 9.67 Å². The number of carbonyl (C=O) groups is 1. The highest BCUT2D eigenvalue weighted by Gasteiger charge is 2.21. The normalized spacial score (nSPS) is 11.4. The molecular formula is C20H21N5OS. The molecule has 1 amide bonds. The molecule has 0 radical (unpaired) electrons. The average Bonchev–Trinajstić information content (AvgIpc) is 3.34. The van der Waals surface area contributed by atoms with Gasteiger partial charge in [-0.15, -0.1) is 11.3 Å². The van der Waals surface area contributed by atoms with Crippen LogP contribution in [0.15, 0.2) is 43.0 Å². The lowest BCUT2D eigenvalue weighted by Crippen LogP contribution is -2.15. The van der Waals surface area contributed by atoms with Crippen molar-refractivity contribution in [1.29, 1.82) is 0 Å². The second-order valence-corrected chi connectivity index (χ2v) is 8.03. The molecule has 0 spiro atoms.